The average molecular weight is 435 g/mol. The number of benzene rings is 2. The molecule has 0 bridgehead atoms. The molecule has 3 heterocycles. The summed E-state index contributed by atoms with van der Waals surface area (Å²) < 4.78 is 1.79. The zero-order valence-corrected chi connectivity index (χ0v) is 17.9. The highest BCUT2D eigenvalue weighted by Gasteiger charge is 2.17. The molecule has 3 aromatic heterocycles. The topological polar surface area (TPSA) is 97.6 Å². The number of aromatic nitrogens is 5. The fourth-order valence-electron chi connectivity index (χ4n) is 3.59. The first-order valence-electron chi connectivity index (χ1n) is 10.5. The number of rotatable bonds is 6. The minimum Gasteiger partial charge on any atom is -0.362 e. The summed E-state index contributed by atoms with van der Waals surface area (Å²) in [6.45, 7) is 2.07. The number of nitrogens with zero attached hydrogens (tertiary/aromatic N) is 5. The van der Waals surface area contributed by atoms with E-state index in [4.69, 9.17) is 4.98 Å². The molecular formula is C25H21N7O. The van der Waals surface area contributed by atoms with E-state index in [1.54, 1.807) is 35.3 Å². The minimum atomic E-state index is -0.306. The van der Waals surface area contributed by atoms with Gasteiger partial charge in [-0.1, -0.05) is 42.5 Å². The highest BCUT2D eigenvalue weighted by atomic mass is 16.1. The molecule has 0 saturated heterocycles. The Bertz CT molecular complexity index is 1400. The summed E-state index contributed by atoms with van der Waals surface area (Å²) in [5.41, 5.74) is 3.12. The number of carbonyl (C=O) groups excluding carboxylic acids is 1. The molecule has 0 aliphatic rings. The van der Waals surface area contributed by atoms with Gasteiger partial charge in [-0.2, -0.15) is 0 Å². The lowest BCUT2D eigenvalue weighted by atomic mass is 10.1. The normalized spacial score (nSPS) is 11.8. The molecule has 5 rings (SSSR count). The van der Waals surface area contributed by atoms with Crippen molar-refractivity contribution in [3.8, 4) is 5.82 Å². The third kappa shape index (κ3) is 4.27. The maximum absolute atomic E-state index is 12.8. The fourth-order valence-corrected chi connectivity index (χ4v) is 3.59. The number of nitrogens with one attached hydrogen (secondary N) is 2. The molecule has 0 unspecified atom stereocenters. The molecule has 1 amide bonds. The Morgan fingerprint density at radius 2 is 1.70 bits per heavy atom. The standard InChI is InChI=1S/C25H21N7O/c1-17(18-8-3-2-4-9-18)28-22-15-27-16-23(30-22)32-21-12-6-5-11-20(21)29-25(32)31-24(33)19-10-7-13-26-14-19/h2-17H,1H3,(H,28,30)(H,29,31,33)/t17-/m0/s1. The zero-order valence-electron chi connectivity index (χ0n) is 17.9. The van der Waals surface area contributed by atoms with Crippen molar-refractivity contribution in [2.75, 3.05) is 10.6 Å². The number of imidazole rings is 1. The number of anilines is 2. The van der Waals surface area contributed by atoms with E-state index >= 15 is 0 Å². The Kier molecular flexibility index (Phi) is 5.47. The highest BCUT2D eigenvalue weighted by molar-refractivity contribution is 6.04. The first-order valence-corrected chi connectivity index (χ1v) is 10.5. The van der Waals surface area contributed by atoms with E-state index in [0.29, 0.717) is 23.1 Å². The number of hydrogen-bond acceptors (Lipinski definition) is 6. The third-order valence-corrected chi connectivity index (χ3v) is 5.22. The minimum absolute atomic E-state index is 0.0417. The average Bonchev–Trinajstić information content (AvgIpc) is 3.23. The van der Waals surface area contributed by atoms with Crippen molar-refractivity contribution < 1.29 is 4.79 Å². The van der Waals surface area contributed by atoms with Gasteiger partial charge in [-0.15, -0.1) is 0 Å². The van der Waals surface area contributed by atoms with E-state index in [0.717, 1.165) is 16.6 Å². The zero-order chi connectivity index (χ0) is 22.6. The molecule has 0 spiro atoms. The summed E-state index contributed by atoms with van der Waals surface area (Å²) in [5.74, 6) is 1.20. The lowest BCUT2D eigenvalue weighted by Crippen LogP contribution is -2.16. The van der Waals surface area contributed by atoms with Crippen LogP contribution in [0.5, 0.6) is 0 Å². The molecule has 0 aliphatic heterocycles. The van der Waals surface area contributed by atoms with Gasteiger partial charge >= 0.3 is 0 Å². The van der Waals surface area contributed by atoms with Crippen LogP contribution < -0.4 is 10.6 Å². The molecule has 0 radical (unpaired) electrons. The summed E-state index contributed by atoms with van der Waals surface area (Å²) in [6, 6.07) is 21.2. The van der Waals surface area contributed by atoms with Crippen molar-refractivity contribution in [1.82, 2.24) is 24.5 Å². The van der Waals surface area contributed by atoms with Gasteiger partial charge in [0.25, 0.3) is 5.91 Å². The molecular weight excluding hydrogens is 414 g/mol. The first kappa shape index (κ1) is 20.3. The fraction of sp³-hybridized carbons (Fsp3) is 0.0800. The van der Waals surface area contributed by atoms with Crippen molar-refractivity contribution in [1.29, 1.82) is 0 Å². The SMILES string of the molecule is C[C@H](Nc1cncc(-n2c(NC(=O)c3cccnc3)nc3ccccc32)n1)c1ccccc1. The van der Waals surface area contributed by atoms with Gasteiger partial charge < -0.3 is 5.32 Å². The monoisotopic (exact) mass is 435 g/mol. The van der Waals surface area contributed by atoms with Gasteiger partial charge in [0.1, 0.15) is 5.82 Å². The summed E-state index contributed by atoms with van der Waals surface area (Å²) in [4.78, 5) is 30.6. The molecule has 33 heavy (non-hydrogen) atoms. The molecule has 0 aliphatic carbocycles. The second-order valence-electron chi connectivity index (χ2n) is 7.49. The maximum Gasteiger partial charge on any atom is 0.259 e. The van der Waals surface area contributed by atoms with Gasteiger partial charge in [0.2, 0.25) is 5.95 Å². The second-order valence-corrected chi connectivity index (χ2v) is 7.49. The van der Waals surface area contributed by atoms with Gasteiger partial charge in [0.15, 0.2) is 5.82 Å². The number of pyridine rings is 1. The molecule has 2 N–H and O–H groups in total. The Morgan fingerprint density at radius 1 is 0.879 bits per heavy atom. The number of hydrogen-bond donors (Lipinski definition) is 2. The number of carbonyl (C=O) groups is 1. The summed E-state index contributed by atoms with van der Waals surface area (Å²) in [7, 11) is 0. The summed E-state index contributed by atoms with van der Waals surface area (Å²) in [5, 5.41) is 6.28. The van der Waals surface area contributed by atoms with Crippen LogP contribution in [0.15, 0.2) is 91.5 Å². The van der Waals surface area contributed by atoms with E-state index in [1.807, 2.05) is 42.5 Å². The van der Waals surface area contributed by atoms with Crippen LogP contribution in [0.4, 0.5) is 11.8 Å². The van der Waals surface area contributed by atoms with Crippen molar-refractivity contribution in [2.45, 2.75) is 13.0 Å². The van der Waals surface area contributed by atoms with Crippen molar-refractivity contribution >= 4 is 28.7 Å². The third-order valence-electron chi connectivity index (χ3n) is 5.22. The van der Waals surface area contributed by atoms with Crippen molar-refractivity contribution in [2.24, 2.45) is 0 Å². The van der Waals surface area contributed by atoms with Gasteiger partial charge in [0.05, 0.1) is 29.0 Å². The lowest BCUT2D eigenvalue weighted by molar-refractivity contribution is 0.102. The summed E-state index contributed by atoms with van der Waals surface area (Å²) in [6.07, 6.45) is 6.45. The molecule has 2 aromatic carbocycles. The molecule has 8 heteroatoms. The molecule has 1 atom stereocenters. The Balaban J connectivity index is 1.51. The predicted molar refractivity (Wildman–Crippen MR) is 127 cm³/mol. The molecule has 5 aromatic rings. The van der Waals surface area contributed by atoms with Gasteiger partial charge in [-0.3, -0.25) is 24.6 Å². The van der Waals surface area contributed by atoms with Crippen LogP contribution in [0.2, 0.25) is 0 Å². The number of amides is 1. The van der Waals surface area contributed by atoms with E-state index < -0.39 is 0 Å². The smallest absolute Gasteiger partial charge is 0.259 e. The second kappa shape index (κ2) is 8.88. The van der Waals surface area contributed by atoms with E-state index in [1.165, 1.54) is 6.20 Å². The van der Waals surface area contributed by atoms with Crippen molar-refractivity contribution in [3.05, 3.63) is 103 Å². The van der Waals surface area contributed by atoms with Crippen LogP contribution in [-0.4, -0.2) is 30.4 Å². The summed E-state index contributed by atoms with van der Waals surface area (Å²) >= 11 is 0. The lowest BCUT2D eigenvalue weighted by Gasteiger charge is -2.16. The van der Waals surface area contributed by atoms with Crippen molar-refractivity contribution in [3.63, 3.8) is 0 Å². The van der Waals surface area contributed by atoms with Crippen LogP contribution in [0.3, 0.4) is 0 Å². The molecule has 162 valence electrons. The van der Waals surface area contributed by atoms with E-state index in [9.17, 15) is 4.79 Å². The van der Waals surface area contributed by atoms with Crippen LogP contribution in [0.1, 0.15) is 28.9 Å². The maximum atomic E-state index is 12.8. The van der Waals surface area contributed by atoms with E-state index in [-0.39, 0.29) is 11.9 Å². The van der Waals surface area contributed by atoms with E-state index in [2.05, 4.69) is 44.6 Å². The van der Waals surface area contributed by atoms with Crippen LogP contribution in [-0.2, 0) is 0 Å². The van der Waals surface area contributed by atoms with Gasteiger partial charge in [-0.05, 0) is 36.8 Å². The van der Waals surface area contributed by atoms with Gasteiger partial charge in [-0.25, -0.2) is 9.97 Å². The number of fused-ring (bicyclic) bond motifs is 1. The Hall–Kier alpha value is -4.59. The molecule has 0 saturated carbocycles. The predicted octanol–water partition coefficient (Wildman–Crippen LogP) is 4.64. The Labute approximate surface area is 190 Å². The Morgan fingerprint density at radius 3 is 2.52 bits per heavy atom. The van der Waals surface area contributed by atoms with Gasteiger partial charge in [0, 0.05) is 18.4 Å². The largest absolute Gasteiger partial charge is 0.362 e. The number of para-hydroxylation sites is 2. The molecule has 0 fully saturated rings. The van der Waals surface area contributed by atoms with Crippen LogP contribution in [0.25, 0.3) is 16.9 Å². The first-order chi connectivity index (χ1) is 16.2. The quantitative estimate of drug-likeness (QED) is 0.403. The highest BCUT2D eigenvalue weighted by Crippen LogP contribution is 2.25. The molecule has 8 nitrogen and oxygen atoms in total. The van der Waals surface area contributed by atoms with Crippen LogP contribution >= 0.6 is 0 Å². The van der Waals surface area contributed by atoms with Crippen LogP contribution in [0, 0.1) is 0 Å².